The number of nitrogens with zero attached hydrogens (tertiary/aromatic N) is 1. The summed E-state index contributed by atoms with van der Waals surface area (Å²) in [4.78, 5) is 2.84. The molecule has 3 saturated heterocycles. The predicted octanol–water partition coefficient (Wildman–Crippen LogP) is 2.95. The van der Waals surface area contributed by atoms with E-state index >= 15 is 0 Å². The molecule has 0 spiro atoms. The summed E-state index contributed by atoms with van der Waals surface area (Å²) in [5.74, 6) is 1.87. The first-order valence-electron chi connectivity index (χ1n) is 8.58. The van der Waals surface area contributed by atoms with Crippen molar-refractivity contribution in [3.63, 3.8) is 0 Å². The quantitative estimate of drug-likeness (QED) is 0.674. The summed E-state index contributed by atoms with van der Waals surface area (Å²) in [6.07, 6.45) is 14.0. The fraction of sp³-hybridized carbons (Fsp3) is 0.882. The Balaban J connectivity index is 1.61. The standard InChI is InChI=1S/C17H28N2/c1-2-10-19-11-8-15-12-14(16(19)5-1)7-6-13-4-3-9-18-17(13)15/h6,14-18H,1-5,7-12H2/t14-,15-,16-,17+/m1/s1. The van der Waals surface area contributed by atoms with Gasteiger partial charge in [0, 0.05) is 12.1 Å². The molecule has 19 heavy (non-hydrogen) atoms. The first kappa shape index (κ1) is 12.4. The number of allylic oxidation sites excluding steroid dienone is 1. The molecular weight excluding hydrogens is 232 g/mol. The number of piperidine rings is 2. The lowest BCUT2D eigenvalue weighted by molar-refractivity contribution is 0.112. The number of nitrogens with one attached hydrogen (secondary N) is 1. The Labute approximate surface area is 117 Å². The third-order valence-electron chi connectivity index (χ3n) is 6.16. The van der Waals surface area contributed by atoms with Crippen LogP contribution in [-0.2, 0) is 0 Å². The van der Waals surface area contributed by atoms with Crippen molar-refractivity contribution in [2.24, 2.45) is 11.8 Å². The van der Waals surface area contributed by atoms with Crippen LogP contribution in [0.25, 0.3) is 0 Å². The Hall–Kier alpha value is -0.340. The fourth-order valence-electron chi connectivity index (χ4n) is 5.22. The van der Waals surface area contributed by atoms with E-state index < -0.39 is 0 Å². The highest BCUT2D eigenvalue weighted by Gasteiger charge is 2.39. The van der Waals surface area contributed by atoms with Crippen molar-refractivity contribution in [2.45, 2.75) is 63.5 Å². The maximum Gasteiger partial charge on any atom is 0.0308 e. The Morgan fingerprint density at radius 3 is 3.05 bits per heavy atom. The van der Waals surface area contributed by atoms with Gasteiger partial charge in [0.15, 0.2) is 0 Å². The lowest BCUT2D eigenvalue weighted by Gasteiger charge is -2.38. The van der Waals surface area contributed by atoms with Crippen molar-refractivity contribution in [2.75, 3.05) is 19.6 Å². The van der Waals surface area contributed by atoms with Gasteiger partial charge in [-0.05, 0) is 76.4 Å². The SMILES string of the molecule is C1=C2CCCN[C@@H]2[C@@H]2CCN3CCCC[C@@H]3[C@H](C1)C2. The molecule has 1 aliphatic carbocycles. The molecule has 0 radical (unpaired) electrons. The molecule has 0 aromatic rings. The third kappa shape index (κ3) is 2.27. The highest BCUT2D eigenvalue weighted by atomic mass is 15.2. The van der Waals surface area contributed by atoms with E-state index in [1.807, 2.05) is 0 Å². The minimum atomic E-state index is 0.736. The van der Waals surface area contributed by atoms with Gasteiger partial charge in [0.25, 0.3) is 0 Å². The minimum absolute atomic E-state index is 0.736. The Bertz CT molecular complexity index is 362. The van der Waals surface area contributed by atoms with Crippen molar-refractivity contribution >= 4 is 0 Å². The number of rotatable bonds is 0. The smallest absolute Gasteiger partial charge is 0.0308 e. The first-order chi connectivity index (χ1) is 9.42. The van der Waals surface area contributed by atoms with Crippen LogP contribution in [0.3, 0.4) is 0 Å². The summed E-state index contributed by atoms with van der Waals surface area (Å²) in [7, 11) is 0. The van der Waals surface area contributed by atoms with Gasteiger partial charge in [-0.15, -0.1) is 0 Å². The maximum atomic E-state index is 3.84. The second-order valence-electron chi connectivity index (χ2n) is 7.19. The minimum Gasteiger partial charge on any atom is -0.310 e. The second kappa shape index (κ2) is 5.21. The molecule has 4 atom stereocenters. The zero-order chi connectivity index (χ0) is 12.7. The Morgan fingerprint density at radius 2 is 2.05 bits per heavy atom. The molecule has 0 aromatic carbocycles. The van der Waals surface area contributed by atoms with Crippen LogP contribution in [0.4, 0.5) is 0 Å². The monoisotopic (exact) mass is 260 g/mol. The van der Waals surface area contributed by atoms with Crippen LogP contribution in [-0.4, -0.2) is 36.6 Å². The van der Waals surface area contributed by atoms with Gasteiger partial charge in [-0.1, -0.05) is 18.1 Å². The molecule has 106 valence electrons. The fourth-order valence-corrected chi connectivity index (χ4v) is 5.22. The van der Waals surface area contributed by atoms with Gasteiger partial charge in [-0.3, -0.25) is 0 Å². The summed E-state index contributed by atoms with van der Waals surface area (Å²) in [5, 5.41) is 3.84. The average molecular weight is 260 g/mol. The van der Waals surface area contributed by atoms with Gasteiger partial charge in [0.2, 0.25) is 0 Å². The van der Waals surface area contributed by atoms with Crippen molar-refractivity contribution in [1.82, 2.24) is 10.2 Å². The molecule has 4 rings (SSSR count). The molecule has 3 aliphatic heterocycles. The first-order valence-corrected chi connectivity index (χ1v) is 8.58. The van der Waals surface area contributed by atoms with Crippen molar-refractivity contribution in [1.29, 1.82) is 0 Å². The van der Waals surface area contributed by atoms with Gasteiger partial charge in [-0.25, -0.2) is 0 Å². The maximum absolute atomic E-state index is 3.84. The van der Waals surface area contributed by atoms with Gasteiger partial charge in [-0.2, -0.15) is 0 Å². The highest BCUT2D eigenvalue weighted by molar-refractivity contribution is 5.18. The van der Waals surface area contributed by atoms with E-state index in [4.69, 9.17) is 0 Å². The van der Waals surface area contributed by atoms with E-state index in [-0.39, 0.29) is 0 Å². The number of hydrogen-bond donors (Lipinski definition) is 1. The van der Waals surface area contributed by atoms with Gasteiger partial charge >= 0.3 is 0 Å². The van der Waals surface area contributed by atoms with Gasteiger partial charge in [0.05, 0.1) is 0 Å². The van der Waals surface area contributed by atoms with Crippen LogP contribution < -0.4 is 5.32 Å². The van der Waals surface area contributed by atoms with Crippen molar-refractivity contribution < 1.29 is 0 Å². The van der Waals surface area contributed by atoms with Crippen LogP contribution in [0.15, 0.2) is 11.6 Å². The largest absolute Gasteiger partial charge is 0.310 e. The molecular formula is C17H28N2. The van der Waals surface area contributed by atoms with E-state index in [2.05, 4.69) is 16.3 Å². The molecule has 2 bridgehead atoms. The average Bonchev–Trinajstić information content (AvgIpc) is 2.77. The second-order valence-corrected chi connectivity index (χ2v) is 7.19. The zero-order valence-corrected chi connectivity index (χ0v) is 12.1. The summed E-state index contributed by atoms with van der Waals surface area (Å²) in [5.41, 5.74) is 1.77. The molecule has 0 saturated carbocycles. The summed E-state index contributed by atoms with van der Waals surface area (Å²) >= 11 is 0. The molecule has 0 unspecified atom stereocenters. The third-order valence-corrected chi connectivity index (χ3v) is 6.16. The van der Waals surface area contributed by atoms with E-state index in [0.29, 0.717) is 0 Å². The molecule has 3 fully saturated rings. The van der Waals surface area contributed by atoms with E-state index in [1.165, 1.54) is 71.0 Å². The van der Waals surface area contributed by atoms with Crippen molar-refractivity contribution in [3.8, 4) is 0 Å². The molecule has 4 aliphatic rings. The van der Waals surface area contributed by atoms with Crippen LogP contribution in [0.5, 0.6) is 0 Å². The van der Waals surface area contributed by atoms with Crippen LogP contribution in [0.1, 0.15) is 51.4 Å². The topological polar surface area (TPSA) is 15.3 Å². The molecule has 2 nitrogen and oxygen atoms in total. The number of fused-ring (bicyclic) bond motifs is 6. The Morgan fingerprint density at radius 1 is 1.05 bits per heavy atom. The van der Waals surface area contributed by atoms with Crippen LogP contribution >= 0.6 is 0 Å². The molecule has 0 aromatic heterocycles. The predicted molar refractivity (Wildman–Crippen MR) is 79.2 cm³/mol. The van der Waals surface area contributed by atoms with Crippen molar-refractivity contribution in [3.05, 3.63) is 11.6 Å². The number of hydrogen-bond acceptors (Lipinski definition) is 2. The molecule has 0 amide bonds. The normalized spacial score (nSPS) is 43.5. The zero-order valence-electron chi connectivity index (χ0n) is 12.1. The van der Waals surface area contributed by atoms with Crippen LogP contribution in [0, 0.1) is 11.8 Å². The van der Waals surface area contributed by atoms with E-state index in [0.717, 1.165) is 23.9 Å². The van der Waals surface area contributed by atoms with Gasteiger partial charge in [0.1, 0.15) is 0 Å². The molecule has 3 heterocycles. The van der Waals surface area contributed by atoms with Crippen LogP contribution in [0.2, 0.25) is 0 Å². The Kier molecular flexibility index (Phi) is 3.40. The molecule has 2 heteroatoms. The highest BCUT2D eigenvalue weighted by Crippen LogP contribution is 2.40. The summed E-state index contributed by atoms with van der Waals surface area (Å²) in [6.45, 7) is 4.00. The van der Waals surface area contributed by atoms with E-state index in [1.54, 1.807) is 5.57 Å². The van der Waals surface area contributed by atoms with E-state index in [9.17, 15) is 0 Å². The molecule has 1 N–H and O–H groups in total. The van der Waals surface area contributed by atoms with Gasteiger partial charge < -0.3 is 10.2 Å². The summed E-state index contributed by atoms with van der Waals surface area (Å²) in [6, 6.07) is 1.65. The summed E-state index contributed by atoms with van der Waals surface area (Å²) < 4.78 is 0. The lowest BCUT2D eigenvalue weighted by Crippen LogP contribution is -2.43. The lowest BCUT2D eigenvalue weighted by atomic mass is 9.81.